The summed E-state index contributed by atoms with van der Waals surface area (Å²) >= 11 is 0. The second-order valence-electron chi connectivity index (χ2n) is 5.00. The van der Waals surface area contributed by atoms with E-state index < -0.39 is 11.9 Å². The highest BCUT2D eigenvalue weighted by atomic mass is 16.4. The van der Waals surface area contributed by atoms with Gasteiger partial charge in [-0.25, -0.2) is 4.79 Å². The predicted octanol–water partition coefficient (Wildman–Crippen LogP) is 2.76. The fourth-order valence-electron chi connectivity index (χ4n) is 2.18. The topological polar surface area (TPSA) is 78.4 Å². The van der Waals surface area contributed by atoms with E-state index in [1.54, 1.807) is 0 Å². The molecule has 0 aromatic rings. The number of carboxylic acid groups (broad SMARTS) is 1. The van der Waals surface area contributed by atoms with Gasteiger partial charge in [0.2, 0.25) is 0 Å². The van der Waals surface area contributed by atoms with Crippen LogP contribution < -0.4 is 10.6 Å². The van der Waals surface area contributed by atoms with Crippen molar-refractivity contribution in [3.05, 3.63) is 0 Å². The van der Waals surface area contributed by atoms with E-state index in [4.69, 9.17) is 5.11 Å². The quantitative estimate of drug-likeness (QED) is 0.604. The van der Waals surface area contributed by atoms with Crippen LogP contribution in [0.2, 0.25) is 0 Å². The van der Waals surface area contributed by atoms with E-state index >= 15 is 0 Å². The highest BCUT2D eigenvalue weighted by molar-refractivity contribution is 5.76. The third-order valence-electron chi connectivity index (χ3n) is 3.90. The lowest BCUT2D eigenvalue weighted by molar-refractivity contribution is -0.141. The van der Waals surface area contributed by atoms with Gasteiger partial charge in [0, 0.05) is 12.1 Å². The Morgan fingerprint density at radius 1 is 1.11 bits per heavy atom. The van der Waals surface area contributed by atoms with Crippen molar-refractivity contribution in [2.75, 3.05) is 6.54 Å². The van der Waals surface area contributed by atoms with Crippen LogP contribution in [0.1, 0.15) is 59.8 Å². The van der Waals surface area contributed by atoms with Crippen molar-refractivity contribution in [3.8, 4) is 0 Å². The van der Waals surface area contributed by atoms with Gasteiger partial charge >= 0.3 is 12.0 Å². The van der Waals surface area contributed by atoms with Crippen molar-refractivity contribution in [1.82, 2.24) is 10.6 Å². The monoisotopic (exact) mass is 272 g/mol. The number of carbonyl (C=O) groups is 2. The first-order valence-corrected chi connectivity index (χ1v) is 7.23. The molecule has 3 N–H and O–H groups in total. The molecule has 112 valence electrons. The minimum Gasteiger partial charge on any atom is -0.481 e. The number of rotatable bonds is 9. The van der Waals surface area contributed by atoms with Crippen LogP contribution in [-0.4, -0.2) is 29.2 Å². The molecule has 5 heteroatoms. The van der Waals surface area contributed by atoms with Gasteiger partial charge < -0.3 is 15.7 Å². The third kappa shape index (κ3) is 5.94. The molecular weight excluding hydrogens is 244 g/mol. The maximum atomic E-state index is 11.9. The van der Waals surface area contributed by atoms with Crippen molar-refractivity contribution in [2.24, 2.45) is 5.92 Å². The van der Waals surface area contributed by atoms with E-state index in [2.05, 4.69) is 10.6 Å². The first-order valence-electron chi connectivity index (χ1n) is 7.23. The van der Waals surface area contributed by atoms with Crippen molar-refractivity contribution < 1.29 is 14.7 Å². The Kier molecular flexibility index (Phi) is 8.19. The summed E-state index contributed by atoms with van der Waals surface area (Å²) in [6.07, 6.45) is 3.97. The van der Waals surface area contributed by atoms with Crippen LogP contribution in [0.15, 0.2) is 0 Å². The van der Waals surface area contributed by atoms with E-state index in [0.29, 0.717) is 6.42 Å². The normalized spacial score (nSPS) is 12.8. The van der Waals surface area contributed by atoms with Gasteiger partial charge in [0.15, 0.2) is 0 Å². The summed E-state index contributed by atoms with van der Waals surface area (Å²) in [7, 11) is 0. The van der Waals surface area contributed by atoms with E-state index in [0.717, 1.165) is 25.7 Å². The molecule has 0 aliphatic carbocycles. The highest BCUT2D eigenvalue weighted by Gasteiger charge is 2.26. The van der Waals surface area contributed by atoms with Gasteiger partial charge in [0.1, 0.15) is 0 Å². The van der Waals surface area contributed by atoms with Gasteiger partial charge in [0.25, 0.3) is 0 Å². The third-order valence-corrected chi connectivity index (χ3v) is 3.90. The average molecular weight is 272 g/mol. The van der Waals surface area contributed by atoms with Gasteiger partial charge in [-0.05, 0) is 25.7 Å². The van der Waals surface area contributed by atoms with Crippen LogP contribution in [-0.2, 0) is 4.79 Å². The van der Waals surface area contributed by atoms with Crippen LogP contribution in [0.25, 0.3) is 0 Å². The zero-order valence-electron chi connectivity index (χ0n) is 12.6. The highest BCUT2D eigenvalue weighted by Crippen LogP contribution is 2.18. The van der Waals surface area contributed by atoms with Crippen molar-refractivity contribution in [2.45, 2.75) is 65.3 Å². The predicted molar refractivity (Wildman–Crippen MR) is 76.2 cm³/mol. The number of hydrogen-bond donors (Lipinski definition) is 3. The van der Waals surface area contributed by atoms with Crippen LogP contribution in [0.5, 0.6) is 0 Å². The minimum atomic E-state index is -0.852. The Bertz CT molecular complexity index is 280. The lowest BCUT2D eigenvalue weighted by Gasteiger charge is -2.32. The molecule has 1 atom stereocenters. The van der Waals surface area contributed by atoms with Gasteiger partial charge in [-0.2, -0.15) is 0 Å². The first-order chi connectivity index (χ1) is 8.94. The number of carboxylic acids is 1. The van der Waals surface area contributed by atoms with E-state index in [-0.39, 0.29) is 18.1 Å². The fraction of sp³-hybridized carbons (Fsp3) is 0.857. The van der Waals surface area contributed by atoms with E-state index in [1.807, 2.05) is 27.7 Å². The first kappa shape index (κ1) is 17.7. The van der Waals surface area contributed by atoms with Crippen molar-refractivity contribution in [3.63, 3.8) is 0 Å². The molecule has 0 heterocycles. The van der Waals surface area contributed by atoms with Crippen LogP contribution in [0.4, 0.5) is 4.79 Å². The molecule has 0 spiro atoms. The molecule has 0 bridgehead atoms. The maximum Gasteiger partial charge on any atom is 0.315 e. The van der Waals surface area contributed by atoms with Crippen LogP contribution in [0, 0.1) is 5.92 Å². The molecule has 1 unspecified atom stereocenters. The van der Waals surface area contributed by atoms with Gasteiger partial charge in [-0.3, -0.25) is 4.79 Å². The molecule has 2 amide bonds. The molecule has 0 aromatic carbocycles. The Morgan fingerprint density at radius 2 is 1.63 bits per heavy atom. The summed E-state index contributed by atoms with van der Waals surface area (Å²) in [5.41, 5.74) is -0.187. The molecule has 0 aliphatic heterocycles. The zero-order chi connectivity index (χ0) is 14.9. The Balaban J connectivity index is 4.34. The molecule has 0 aliphatic rings. The summed E-state index contributed by atoms with van der Waals surface area (Å²) < 4.78 is 0. The molecular formula is C14H28N2O3. The summed E-state index contributed by atoms with van der Waals surface area (Å²) in [5.74, 6) is -1.36. The fourth-order valence-corrected chi connectivity index (χ4v) is 2.18. The van der Waals surface area contributed by atoms with Gasteiger partial charge in [0.05, 0.1) is 5.92 Å². The smallest absolute Gasteiger partial charge is 0.315 e. The van der Waals surface area contributed by atoms with Gasteiger partial charge in [-0.15, -0.1) is 0 Å². The van der Waals surface area contributed by atoms with Gasteiger partial charge in [-0.1, -0.05) is 34.1 Å². The summed E-state index contributed by atoms with van der Waals surface area (Å²) in [4.78, 5) is 22.8. The number of nitrogens with one attached hydrogen (secondary N) is 2. The lowest BCUT2D eigenvalue weighted by atomic mass is 9.90. The molecule has 0 fully saturated rings. The largest absolute Gasteiger partial charge is 0.481 e. The minimum absolute atomic E-state index is 0.183. The molecule has 5 nitrogen and oxygen atoms in total. The summed E-state index contributed by atoms with van der Waals surface area (Å²) in [5, 5.41) is 14.7. The standard InChI is InChI=1S/C14H28N2O3/c1-5-9-11(12(17)18)10-15-13(19)16-14(6-2,7-3)8-4/h11H,5-10H2,1-4H3,(H,17,18)(H2,15,16,19). The number of aliphatic carboxylic acids is 1. The maximum absolute atomic E-state index is 11.9. The number of carbonyl (C=O) groups excluding carboxylic acids is 1. The Labute approximate surface area is 116 Å². The number of hydrogen-bond acceptors (Lipinski definition) is 2. The van der Waals surface area contributed by atoms with E-state index in [9.17, 15) is 9.59 Å². The zero-order valence-corrected chi connectivity index (χ0v) is 12.6. The van der Waals surface area contributed by atoms with Crippen LogP contribution >= 0.6 is 0 Å². The Morgan fingerprint density at radius 3 is 2.00 bits per heavy atom. The average Bonchev–Trinajstić information content (AvgIpc) is 2.40. The van der Waals surface area contributed by atoms with Crippen LogP contribution in [0.3, 0.4) is 0 Å². The summed E-state index contributed by atoms with van der Waals surface area (Å²) in [6, 6.07) is -0.270. The van der Waals surface area contributed by atoms with Crippen molar-refractivity contribution >= 4 is 12.0 Å². The molecule has 0 rings (SSSR count). The Hall–Kier alpha value is -1.26. The SMILES string of the molecule is CCCC(CNC(=O)NC(CC)(CC)CC)C(=O)O. The molecule has 0 saturated carbocycles. The molecule has 0 aromatic heterocycles. The second kappa shape index (κ2) is 8.77. The van der Waals surface area contributed by atoms with Crippen molar-refractivity contribution in [1.29, 1.82) is 0 Å². The molecule has 19 heavy (non-hydrogen) atoms. The molecule has 0 saturated heterocycles. The second-order valence-corrected chi connectivity index (χ2v) is 5.00. The lowest BCUT2D eigenvalue weighted by Crippen LogP contribution is -2.52. The number of amides is 2. The van der Waals surface area contributed by atoms with E-state index in [1.165, 1.54) is 0 Å². The summed E-state index contributed by atoms with van der Waals surface area (Å²) in [6.45, 7) is 8.26. The number of urea groups is 1. The molecule has 0 radical (unpaired) electrons.